The molecule has 41 heavy (non-hydrogen) atoms. The van der Waals surface area contributed by atoms with Crippen molar-refractivity contribution in [2.24, 2.45) is 5.92 Å². The van der Waals surface area contributed by atoms with E-state index in [0.29, 0.717) is 43.5 Å². The highest BCUT2D eigenvalue weighted by atomic mass is 32.1. The number of carboxylic acids is 1. The monoisotopic (exact) mass is 577 g/mol. The Morgan fingerprint density at radius 3 is 2.34 bits per heavy atom. The molecule has 0 saturated carbocycles. The number of hydrogen-bond donors (Lipinski definition) is 1. The molecular formula is C32H43N5O3S. The second kappa shape index (κ2) is 13.2. The van der Waals surface area contributed by atoms with E-state index in [1.54, 1.807) is 23.7 Å². The lowest BCUT2D eigenvalue weighted by atomic mass is 9.97. The van der Waals surface area contributed by atoms with Gasteiger partial charge in [0.1, 0.15) is 16.5 Å². The van der Waals surface area contributed by atoms with Crippen LogP contribution < -0.4 is 4.90 Å². The molecule has 4 heterocycles. The van der Waals surface area contributed by atoms with E-state index < -0.39 is 5.97 Å². The predicted octanol–water partition coefficient (Wildman–Crippen LogP) is 6.26. The summed E-state index contributed by atoms with van der Waals surface area (Å²) < 4.78 is 0. The van der Waals surface area contributed by atoms with Gasteiger partial charge in [-0.1, -0.05) is 14.4 Å². The van der Waals surface area contributed by atoms with Crippen molar-refractivity contribution in [3.8, 4) is 11.3 Å². The van der Waals surface area contributed by atoms with E-state index in [9.17, 15) is 14.7 Å². The number of Topliss-reactive ketones (excluding diaryl/α,β-unsaturated/α-hetero) is 1. The van der Waals surface area contributed by atoms with Crippen LogP contribution in [-0.4, -0.2) is 62.4 Å². The Bertz CT molecular complexity index is 1360. The van der Waals surface area contributed by atoms with Crippen LogP contribution in [-0.2, 0) is 17.8 Å². The molecule has 2 saturated heterocycles. The number of aromatic nitrogens is 3. The molecule has 1 N–H and O–H groups in total. The molecule has 2 aromatic heterocycles. The van der Waals surface area contributed by atoms with Gasteiger partial charge in [0.15, 0.2) is 5.78 Å². The van der Waals surface area contributed by atoms with Crippen molar-refractivity contribution in [3.63, 3.8) is 0 Å². The summed E-state index contributed by atoms with van der Waals surface area (Å²) in [5.74, 6) is -0.456. The van der Waals surface area contributed by atoms with Crippen LogP contribution in [0.2, 0.25) is 0 Å². The van der Waals surface area contributed by atoms with Crippen molar-refractivity contribution in [3.05, 3.63) is 56.8 Å². The molecule has 2 aliphatic heterocycles. The van der Waals surface area contributed by atoms with Gasteiger partial charge in [0.05, 0.1) is 30.4 Å². The molecule has 0 radical (unpaired) electrons. The molecule has 8 nitrogen and oxygen atoms in total. The molecule has 9 heteroatoms. The normalized spacial score (nSPS) is 18.0. The van der Waals surface area contributed by atoms with E-state index in [2.05, 4.69) is 54.7 Å². The van der Waals surface area contributed by atoms with Gasteiger partial charge < -0.3 is 10.0 Å². The van der Waals surface area contributed by atoms with Gasteiger partial charge in [0.25, 0.3) is 0 Å². The number of carbonyl (C=O) groups excluding carboxylic acids is 1. The van der Waals surface area contributed by atoms with E-state index >= 15 is 0 Å². The minimum atomic E-state index is -0.738. The third kappa shape index (κ3) is 6.84. The highest BCUT2D eigenvalue weighted by molar-refractivity contribution is 7.12. The number of piperidine rings is 1. The fourth-order valence-corrected chi connectivity index (χ4v) is 7.06. The number of carbonyl (C=O) groups is 2. The first kappa shape index (κ1) is 30.8. The summed E-state index contributed by atoms with van der Waals surface area (Å²) in [6.07, 6.45) is 8.15. The number of thiazole rings is 1. The van der Waals surface area contributed by atoms with Crippen molar-refractivity contribution in [2.75, 3.05) is 24.5 Å². The zero-order valence-electron chi connectivity index (χ0n) is 23.9. The van der Waals surface area contributed by atoms with E-state index in [1.807, 2.05) is 4.90 Å². The van der Waals surface area contributed by atoms with E-state index in [4.69, 9.17) is 4.98 Å². The lowest BCUT2D eigenvalue weighted by Crippen LogP contribution is -2.36. The first-order chi connectivity index (χ1) is 19.2. The Kier molecular flexibility index (Phi) is 9.92. The van der Waals surface area contributed by atoms with Gasteiger partial charge in [0.2, 0.25) is 0 Å². The van der Waals surface area contributed by atoms with Crippen molar-refractivity contribution in [2.45, 2.75) is 86.2 Å². The number of likely N-dealkylation sites (tertiary alicyclic amines) is 1. The Hall–Kier alpha value is -3.17. The molecule has 5 rings (SSSR count). The van der Waals surface area contributed by atoms with Gasteiger partial charge in [-0.25, -0.2) is 15.0 Å². The fraction of sp³-hybridized carbons (Fsp3) is 0.531. The molecule has 0 aliphatic carbocycles. The number of carboxylic acid groups (broad SMARTS) is 1. The van der Waals surface area contributed by atoms with Crippen molar-refractivity contribution in [1.82, 2.24) is 19.9 Å². The van der Waals surface area contributed by atoms with Crippen molar-refractivity contribution >= 4 is 28.9 Å². The summed E-state index contributed by atoms with van der Waals surface area (Å²) in [5.41, 5.74) is 6.24. The molecule has 1 aromatic carbocycles. The smallest absolute Gasteiger partial charge is 0.306 e. The number of benzene rings is 1. The Labute approximate surface area is 247 Å². The number of hydrogen-bond acceptors (Lipinski definition) is 8. The lowest BCUT2D eigenvalue weighted by molar-refractivity contribution is -0.142. The van der Waals surface area contributed by atoms with Crippen LogP contribution in [0, 0.1) is 26.7 Å². The Balaban J connectivity index is 0.00000387. The number of aryl methyl sites for hydroxylation is 2. The first-order valence-corrected chi connectivity index (χ1v) is 15.2. The van der Waals surface area contributed by atoms with Gasteiger partial charge >= 0.3 is 5.97 Å². The average molecular weight is 578 g/mol. The van der Waals surface area contributed by atoms with Crippen LogP contribution >= 0.6 is 11.3 Å². The summed E-state index contributed by atoms with van der Waals surface area (Å²) in [4.78, 5) is 44.3. The second-order valence-electron chi connectivity index (χ2n) is 11.2. The quantitative estimate of drug-likeness (QED) is 0.298. The first-order valence-electron chi connectivity index (χ1n) is 14.4. The Morgan fingerprint density at radius 1 is 1.02 bits per heavy atom. The third-order valence-corrected chi connectivity index (χ3v) is 9.70. The summed E-state index contributed by atoms with van der Waals surface area (Å²) >= 11 is 1.64. The summed E-state index contributed by atoms with van der Waals surface area (Å²) in [6.45, 7) is 11.9. The topological polar surface area (TPSA) is 99.5 Å². The zero-order valence-corrected chi connectivity index (χ0v) is 24.8. The standard InChI is InChI=1S/C31H39N5O3S.CH4/c1-5-24-7-6-10-36(24)18-27-30(23-13-19(2)21(4)20(3)14-23)34-29(40-27)15-26(37)25-16-33-28(17-32-25)35-11-8-22(9-12-35)31(38)39;/h13-14,16-17,22,24H,5-12,15,18H2,1-4H3,(H,38,39);1H4/t24-;/m1./s1. The number of rotatable bonds is 9. The average Bonchev–Trinajstić information content (AvgIpc) is 3.58. The van der Waals surface area contributed by atoms with Gasteiger partial charge in [-0.05, 0) is 88.2 Å². The number of anilines is 1. The van der Waals surface area contributed by atoms with Crippen LogP contribution in [0.5, 0.6) is 0 Å². The predicted molar refractivity (Wildman–Crippen MR) is 165 cm³/mol. The van der Waals surface area contributed by atoms with Gasteiger partial charge in [-0.2, -0.15) is 0 Å². The number of ketones is 1. The minimum absolute atomic E-state index is 0. The van der Waals surface area contributed by atoms with Crippen LogP contribution in [0.3, 0.4) is 0 Å². The van der Waals surface area contributed by atoms with Crippen molar-refractivity contribution < 1.29 is 14.7 Å². The Morgan fingerprint density at radius 2 is 1.73 bits per heavy atom. The SMILES string of the molecule is C.CC[C@@H]1CCCN1Cc1sc(CC(=O)c2cnc(N3CCC(C(=O)O)CC3)cn2)nc1-c1cc(C)c(C)c(C)c1. The van der Waals surface area contributed by atoms with Crippen LogP contribution in [0.4, 0.5) is 5.82 Å². The largest absolute Gasteiger partial charge is 0.481 e. The van der Waals surface area contributed by atoms with Gasteiger partial charge in [-0.15, -0.1) is 11.3 Å². The molecule has 220 valence electrons. The fourth-order valence-electron chi connectivity index (χ4n) is 5.94. The molecule has 2 fully saturated rings. The van der Waals surface area contributed by atoms with E-state index in [-0.39, 0.29) is 25.5 Å². The summed E-state index contributed by atoms with van der Waals surface area (Å²) in [6, 6.07) is 5.04. The maximum Gasteiger partial charge on any atom is 0.306 e. The second-order valence-corrected chi connectivity index (χ2v) is 12.4. The summed E-state index contributed by atoms with van der Waals surface area (Å²) in [5, 5.41) is 10.0. The van der Waals surface area contributed by atoms with Crippen LogP contribution in [0.25, 0.3) is 11.3 Å². The molecular weight excluding hydrogens is 534 g/mol. The number of nitrogens with zero attached hydrogens (tertiary/aromatic N) is 5. The van der Waals surface area contributed by atoms with Gasteiger partial charge in [-0.3, -0.25) is 14.5 Å². The lowest BCUT2D eigenvalue weighted by Gasteiger charge is -2.30. The van der Waals surface area contributed by atoms with Gasteiger partial charge in [0, 0.05) is 36.1 Å². The minimum Gasteiger partial charge on any atom is -0.481 e. The molecule has 1 atom stereocenters. The zero-order chi connectivity index (χ0) is 28.4. The van der Waals surface area contributed by atoms with Crippen molar-refractivity contribution in [1.29, 1.82) is 0 Å². The maximum absolute atomic E-state index is 13.2. The molecule has 3 aromatic rings. The third-order valence-electron chi connectivity index (χ3n) is 8.66. The molecule has 0 amide bonds. The van der Waals surface area contributed by atoms with E-state index in [1.165, 1.54) is 34.4 Å². The molecule has 0 spiro atoms. The van der Waals surface area contributed by atoms with E-state index in [0.717, 1.165) is 35.8 Å². The number of aliphatic carboxylic acids is 1. The highest BCUT2D eigenvalue weighted by Crippen LogP contribution is 2.34. The summed E-state index contributed by atoms with van der Waals surface area (Å²) in [7, 11) is 0. The van der Waals surface area contributed by atoms with Crippen LogP contribution in [0.1, 0.15) is 83.5 Å². The highest BCUT2D eigenvalue weighted by Gasteiger charge is 2.27. The maximum atomic E-state index is 13.2. The molecule has 0 bridgehead atoms. The van der Waals surface area contributed by atoms with Crippen LogP contribution in [0.15, 0.2) is 24.5 Å². The molecule has 0 unspecified atom stereocenters. The molecule has 2 aliphatic rings.